The van der Waals surface area contributed by atoms with E-state index in [-0.39, 0.29) is 0 Å². The molecule has 1 aliphatic carbocycles. The molecule has 2 heterocycles. The molecule has 1 aliphatic heterocycles. The Labute approximate surface area is 190 Å². The summed E-state index contributed by atoms with van der Waals surface area (Å²) in [6, 6.07) is 8.09. The number of benzene rings is 1. The molecule has 1 N–H and O–H groups in total. The Morgan fingerprint density at radius 1 is 1.19 bits per heavy atom. The Morgan fingerprint density at radius 2 is 1.97 bits per heavy atom. The summed E-state index contributed by atoms with van der Waals surface area (Å²) < 4.78 is 17.0. The average Bonchev–Trinajstić information content (AvgIpc) is 3.47. The summed E-state index contributed by atoms with van der Waals surface area (Å²) in [5, 5.41) is 7.65. The highest BCUT2D eigenvalue weighted by molar-refractivity contribution is 5.80. The lowest BCUT2D eigenvalue weighted by atomic mass is 10.1. The maximum atomic E-state index is 6.34. The molecule has 32 heavy (non-hydrogen) atoms. The largest absolute Gasteiger partial charge is 0.497 e. The van der Waals surface area contributed by atoms with Gasteiger partial charge in [-0.1, -0.05) is 5.16 Å². The molecule has 8 heteroatoms. The fourth-order valence-electron chi connectivity index (χ4n) is 4.45. The van der Waals surface area contributed by atoms with E-state index in [0.29, 0.717) is 12.6 Å². The molecule has 1 aromatic heterocycles. The zero-order valence-corrected chi connectivity index (χ0v) is 19.5. The number of nitrogens with one attached hydrogen (secondary N) is 1. The number of hydrogen-bond donors (Lipinski definition) is 1. The van der Waals surface area contributed by atoms with E-state index in [4.69, 9.17) is 14.0 Å². The molecule has 174 valence electrons. The van der Waals surface area contributed by atoms with Crippen molar-refractivity contribution in [2.75, 3.05) is 40.3 Å². The third-order valence-corrected chi connectivity index (χ3v) is 6.25. The number of piperazine rings is 1. The van der Waals surface area contributed by atoms with Crippen LogP contribution in [0.25, 0.3) is 0 Å². The molecular formula is C24H35N5O3. The van der Waals surface area contributed by atoms with E-state index in [0.717, 1.165) is 80.0 Å². The van der Waals surface area contributed by atoms with Gasteiger partial charge in [-0.3, -0.25) is 9.89 Å². The first kappa shape index (κ1) is 22.5. The first-order chi connectivity index (χ1) is 15.6. The summed E-state index contributed by atoms with van der Waals surface area (Å²) in [5.74, 6) is 3.51. The quantitative estimate of drug-likeness (QED) is 0.522. The minimum Gasteiger partial charge on any atom is -0.497 e. The summed E-state index contributed by atoms with van der Waals surface area (Å²) in [7, 11) is 3.54. The summed E-state index contributed by atoms with van der Waals surface area (Å²) >= 11 is 0. The van der Waals surface area contributed by atoms with Crippen molar-refractivity contribution < 1.29 is 14.0 Å². The van der Waals surface area contributed by atoms with Crippen LogP contribution in [0.1, 0.15) is 42.7 Å². The third-order valence-electron chi connectivity index (χ3n) is 6.25. The van der Waals surface area contributed by atoms with Gasteiger partial charge in [0, 0.05) is 64.0 Å². The fraction of sp³-hybridized carbons (Fsp3) is 0.583. The molecule has 2 aromatic rings. The first-order valence-corrected chi connectivity index (χ1v) is 11.6. The number of methoxy groups -OCH3 is 1. The number of aryl methyl sites for hydroxylation is 1. The molecule has 0 bridgehead atoms. The number of nitrogens with zero attached hydrogens (tertiary/aromatic N) is 4. The number of aliphatic imine (C=N–C) groups is 1. The normalized spacial score (nSPS) is 18.2. The number of aromatic nitrogens is 1. The molecule has 0 spiro atoms. The van der Waals surface area contributed by atoms with E-state index in [9.17, 15) is 0 Å². The summed E-state index contributed by atoms with van der Waals surface area (Å²) in [4.78, 5) is 9.24. The van der Waals surface area contributed by atoms with E-state index in [1.54, 1.807) is 7.11 Å². The lowest BCUT2D eigenvalue weighted by Crippen LogP contribution is -2.52. The van der Waals surface area contributed by atoms with Crippen LogP contribution in [0.5, 0.6) is 11.5 Å². The minimum atomic E-state index is 0.307. The van der Waals surface area contributed by atoms with Crippen LogP contribution < -0.4 is 14.8 Å². The number of guanidine groups is 1. The van der Waals surface area contributed by atoms with Crippen LogP contribution >= 0.6 is 0 Å². The second-order valence-corrected chi connectivity index (χ2v) is 8.59. The molecule has 1 saturated carbocycles. The summed E-state index contributed by atoms with van der Waals surface area (Å²) in [6.45, 7) is 7.19. The SMILES string of the molecule is CN=C(NCc1ccc(OC)cc1OC1CCCC1)N1CCN(Cc2cc(C)on2)CC1. The molecule has 0 unspecified atom stereocenters. The van der Waals surface area contributed by atoms with Crippen molar-refractivity contribution in [3.05, 3.63) is 41.3 Å². The fourth-order valence-corrected chi connectivity index (χ4v) is 4.45. The Hall–Kier alpha value is -2.74. The molecule has 1 aromatic carbocycles. The molecule has 0 atom stereocenters. The van der Waals surface area contributed by atoms with Gasteiger partial charge in [-0.15, -0.1) is 0 Å². The number of ether oxygens (including phenoxy) is 2. The Balaban J connectivity index is 1.32. The van der Waals surface area contributed by atoms with Gasteiger partial charge < -0.3 is 24.2 Å². The predicted molar refractivity (Wildman–Crippen MR) is 124 cm³/mol. The van der Waals surface area contributed by atoms with Crippen LogP contribution in [-0.4, -0.2) is 67.4 Å². The maximum Gasteiger partial charge on any atom is 0.194 e. The Bertz CT molecular complexity index is 899. The van der Waals surface area contributed by atoms with Crippen LogP contribution in [0, 0.1) is 6.92 Å². The zero-order chi connectivity index (χ0) is 22.3. The topological polar surface area (TPSA) is 75.4 Å². The number of hydrogen-bond acceptors (Lipinski definition) is 6. The van der Waals surface area contributed by atoms with Crippen molar-refractivity contribution in [1.82, 2.24) is 20.3 Å². The maximum absolute atomic E-state index is 6.34. The van der Waals surface area contributed by atoms with E-state index in [2.05, 4.69) is 31.3 Å². The molecule has 8 nitrogen and oxygen atoms in total. The predicted octanol–water partition coefficient (Wildman–Crippen LogP) is 3.21. The highest BCUT2D eigenvalue weighted by Gasteiger charge is 2.22. The smallest absolute Gasteiger partial charge is 0.194 e. The second kappa shape index (κ2) is 10.7. The summed E-state index contributed by atoms with van der Waals surface area (Å²) in [5.41, 5.74) is 2.12. The van der Waals surface area contributed by atoms with Crippen LogP contribution in [-0.2, 0) is 13.1 Å². The molecule has 0 radical (unpaired) electrons. The Kier molecular flexibility index (Phi) is 7.52. The van der Waals surface area contributed by atoms with Crippen LogP contribution in [0.15, 0.2) is 33.8 Å². The van der Waals surface area contributed by atoms with Gasteiger partial charge in [-0.2, -0.15) is 0 Å². The van der Waals surface area contributed by atoms with Crippen molar-refractivity contribution in [2.24, 2.45) is 4.99 Å². The lowest BCUT2D eigenvalue weighted by molar-refractivity contribution is 0.169. The van der Waals surface area contributed by atoms with Gasteiger partial charge in [-0.25, -0.2) is 0 Å². The van der Waals surface area contributed by atoms with Gasteiger partial charge in [-0.05, 0) is 44.7 Å². The van der Waals surface area contributed by atoms with Crippen molar-refractivity contribution in [3.8, 4) is 11.5 Å². The third kappa shape index (κ3) is 5.73. The monoisotopic (exact) mass is 441 g/mol. The van der Waals surface area contributed by atoms with Gasteiger partial charge in [0.25, 0.3) is 0 Å². The minimum absolute atomic E-state index is 0.307. The first-order valence-electron chi connectivity index (χ1n) is 11.6. The Morgan fingerprint density at radius 3 is 2.62 bits per heavy atom. The van der Waals surface area contributed by atoms with Crippen molar-refractivity contribution in [3.63, 3.8) is 0 Å². The average molecular weight is 442 g/mol. The molecule has 2 aliphatic rings. The second-order valence-electron chi connectivity index (χ2n) is 8.59. The highest BCUT2D eigenvalue weighted by Crippen LogP contribution is 2.30. The standard InChI is InChI=1S/C24H35N5O3/c1-18-14-20(27-32-18)17-28-10-12-29(13-11-28)24(25-2)26-16-19-8-9-22(30-3)15-23(19)31-21-6-4-5-7-21/h8-9,14-15,21H,4-7,10-13,16-17H2,1-3H3,(H,25,26). The molecular weight excluding hydrogens is 406 g/mol. The van der Waals surface area contributed by atoms with E-state index in [1.807, 2.05) is 32.2 Å². The van der Waals surface area contributed by atoms with Crippen LogP contribution in [0.2, 0.25) is 0 Å². The lowest BCUT2D eigenvalue weighted by Gasteiger charge is -2.36. The molecule has 1 saturated heterocycles. The van der Waals surface area contributed by atoms with E-state index in [1.165, 1.54) is 12.8 Å². The number of rotatable bonds is 7. The van der Waals surface area contributed by atoms with Crippen LogP contribution in [0.3, 0.4) is 0 Å². The van der Waals surface area contributed by atoms with E-state index < -0.39 is 0 Å². The highest BCUT2D eigenvalue weighted by atomic mass is 16.5. The van der Waals surface area contributed by atoms with Gasteiger partial charge >= 0.3 is 0 Å². The van der Waals surface area contributed by atoms with Gasteiger partial charge in [0.2, 0.25) is 0 Å². The molecule has 4 rings (SSSR count). The van der Waals surface area contributed by atoms with Gasteiger partial charge in [0.05, 0.1) is 18.9 Å². The molecule has 0 amide bonds. The zero-order valence-electron chi connectivity index (χ0n) is 19.5. The van der Waals surface area contributed by atoms with Crippen molar-refractivity contribution in [1.29, 1.82) is 0 Å². The van der Waals surface area contributed by atoms with Crippen molar-refractivity contribution in [2.45, 2.75) is 51.8 Å². The molecule has 2 fully saturated rings. The summed E-state index contributed by atoms with van der Waals surface area (Å²) in [6.07, 6.45) is 5.06. The van der Waals surface area contributed by atoms with E-state index >= 15 is 0 Å². The van der Waals surface area contributed by atoms with Gasteiger partial charge in [0.1, 0.15) is 17.3 Å². The van der Waals surface area contributed by atoms with Gasteiger partial charge in [0.15, 0.2) is 5.96 Å². The van der Waals surface area contributed by atoms with Crippen molar-refractivity contribution >= 4 is 5.96 Å². The van der Waals surface area contributed by atoms with Crippen LogP contribution in [0.4, 0.5) is 0 Å².